The standard InChI is InChI=1S/C21H20ClN5O/c1-14(16-10-25-27(2)12-16)13-28-18-4-5-19-15(9-18)7-8-23-21(19)26-17-3-6-20(22)24-11-17/h3-12,14H,13H2,1-2H3,(H,23,26)/t14-/m1/s1. The first-order valence-corrected chi connectivity index (χ1v) is 9.35. The van der Waals surface area contributed by atoms with Gasteiger partial charge in [-0.3, -0.25) is 4.68 Å². The highest BCUT2D eigenvalue weighted by atomic mass is 35.5. The number of halogens is 1. The lowest BCUT2D eigenvalue weighted by molar-refractivity contribution is 0.296. The molecule has 0 aliphatic heterocycles. The van der Waals surface area contributed by atoms with Crippen molar-refractivity contribution in [3.05, 3.63) is 71.9 Å². The van der Waals surface area contributed by atoms with Crippen molar-refractivity contribution in [2.45, 2.75) is 12.8 Å². The van der Waals surface area contributed by atoms with Crippen LogP contribution in [-0.4, -0.2) is 26.4 Å². The Bertz CT molecular complexity index is 1090. The number of nitrogens with zero attached hydrogens (tertiary/aromatic N) is 4. The van der Waals surface area contributed by atoms with Gasteiger partial charge in [0.15, 0.2) is 0 Å². The summed E-state index contributed by atoms with van der Waals surface area (Å²) < 4.78 is 7.81. The number of aryl methyl sites for hydroxylation is 1. The highest BCUT2D eigenvalue weighted by Gasteiger charge is 2.10. The molecule has 4 aromatic rings. The molecule has 7 heteroatoms. The minimum Gasteiger partial charge on any atom is -0.493 e. The van der Waals surface area contributed by atoms with E-state index in [-0.39, 0.29) is 5.92 Å². The molecule has 3 aromatic heterocycles. The van der Waals surface area contributed by atoms with Gasteiger partial charge < -0.3 is 10.1 Å². The normalized spacial score (nSPS) is 12.1. The molecule has 28 heavy (non-hydrogen) atoms. The van der Waals surface area contributed by atoms with Gasteiger partial charge in [-0.25, -0.2) is 9.97 Å². The summed E-state index contributed by atoms with van der Waals surface area (Å²) in [5.41, 5.74) is 1.99. The van der Waals surface area contributed by atoms with Crippen LogP contribution < -0.4 is 10.1 Å². The minimum absolute atomic E-state index is 0.261. The third kappa shape index (κ3) is 4.07. The number of rotatable bonds is 6. The van der Waals surface area contributed by atoms with E-state index in [1.54, 1.807) is 23.1 Å². The molecule has 1 aromatic carbocycles. The predicted molar refractivity (Wildman–Crippen MR) is 111 cm³/mol. The lowest BCUT2D eigenvalue weighted by Gasteiger charge is -2.13. The van der Waals surface area contributed by atoms with Gasteiger partial charge in [-0.15, -0.1) is 0 Å². The molecule has 0 bridgehead atoms. The van der Waals surface area contributed by atoms with Crippen molar-refractivity contribution in [1.82, 2.24) is 19.7 Å². The second kappa shape index (κ2) is 7.86. The van der Waals surface area contributed by atoms with E-state index in [0.29, 0.717) is 11.8 Å². The Morgan fingerprint density at radius 3 is 2.79 bits per heavy atom. The number of ether oxygens (including phenoxy) is 1. The monoisotopic (exact) mass is 393 g/mol. The minimum atomic E-state index is 0.261. The summed E-state index contributed by atoms with van der Waals surface area (Å²) in [5, 5.41) is 10.0. The zero-order chi connectivity index (χ0) is 19.5. The quantitative estimate of drug-likeness (QED) is 0.470. The molecular weight excluding hydrogens is 374 g/mol. The number of hydrogen-bond acceptors (Lipinski definition) is 5. The van der Waals surface area contributed by atoms with E-state index >= 15 is 0 Å². The van der Waals surface area contributed by atoms with Gasteiger partial charge in [-0.05, 0) is 47.3 Å². The molecule has 0 unspecified atom stereocenters. The number of nitrogens with one attached hydrogen (secondary N) is 1. The maximum absolute atomic E-state index is 6.01. The van der Waals surface area contributed by atoms with E-state index in [4.69, 9.17) is 16.3 Å². The SMILES string of the molecule is C[C@H](COc1ccc2c(Nc3ccc(Cl)nc3)nccc2c1)c1cnn(C)c1. The molecule has 142 valence electrons. The van der Waals surface area contributed by atoms with Crippen molar-refractivity contribution in [3.63, 3.8) is 0 Å². The van der Waals surface area contributed by atoms with Gasteiger partial charge in [0.05, 0.1) is 24.7 Å². The van der Waals surface area contributed by atoms with Gasteiger partial charge in [-0.2, -0.15) is 5.10 Å². The molecule has 0 fully saturated rings. The third-order valence-corrected chi connectivity index (χ3v) is 4.74. The van der Waals surface area contributed by atoms with Crippen LogP contribution in [0.25, 0.3) is 10.8 Å². The number of aromatic nitrogens is 4. The molecule has 0 spiro atoms. The van der Waals surface area contributed by atoms with Crippen LogP contribution in [0.3, 0.4) is 0 Å². The highest BCUT2D eigenvalue weighted by Crippen LogP contribution is 2.28. The van der Waals surface area contributed by atoms with Gasteiger partial charge in [-0.1, -0.05) is 18.5 Å². The van der Waals surface area contributed by atoms with Gasteiger partial charge in [0.2, 0.25) is 0 Å². The molecule has 4 rings (SSSR count). The molecule has 1 N–H and O–H groups in total. The van der Waals surface area contributed by atoms with Crippen molar-refractivity contribution in [3.8, 4) is 5.75 Å². The van der Waals surface area contributed by atoms with E-state index in [1.165, 1.54) is 0 Å². The number of anilines is 2. The zero-order valence-electron chi connectivity index (χ0n) is 15.6. The third-order valence-electron chi connectivity index (χ3n) is 4.52. The van der Waals surface area contributed by atoms with Crippen LogP contribution in [0.2, 0.25) is 5.15 Å². The molecule has 3 heterocycles. The lowest BCUT2D eigenvalue weighted by atomic mass is 10.1. The van der Waals surface area contributed by atoms with Crippen LogP contribution in [0.1, 0.15) is 18.4 Å². The Labute approximate surface area is 168 Å². The van der Waals surface area contributed by atoms with Crippen LogP contribution in [0.15, 0.2) is 61.2 Å². The second-order valence-electron chi connectivity index (χ2n) is 6.70. The van der Waals surface area contributed by atoms with E-state index in [2.05, 4.69) is 27.3 Å². The first-order chi connectivity index (χ1) is 13.6. The molecule has 1 atom stereocenters. The van der Waals surface area contributed by atoms with E-state index in [9.17, 15) is 0 Å². The fourth-order valence-corrected chi connectivity index (χ4v) is 3.06. The second-order valence-corrected chi connectivity index (χ2v) is 7.08. The number of pyridine rings is 2. The molecule has 0 aliphatic rings. The Kier molecular flexibility index (Phi) is 5.12. The van der Waals surface area contributed by atoms with Crippen molar-refractivity contribution < 1.29 is 4.74 Å². The van der Waals surface area contributed by atoms with Gasteiger partial charge in [0.1, 0.15) is 16.7 Å². The molecule has 0 saturated carbocycles. The smallest absolute Gasteiger partial charge is 0.138 e. The summed E-state index contributed by atoms with van der Waals surface area (Å²) in [7, 11) is 1.92. The van der Waals surface area contributed by atoms with E-state index in [0.717, 1.165) is 33.6 Å². The topological polar surface area (TPSA) is 64.9 Å². The maximum atomic E-state index is 6.01. The number of benzene rings is 1. The van der Waals surface area contributed by atoms with Gasteiger partial charge in [0, 0.05) is 30.7 Å². The Morgan fingerprint density at radius 1 is 1.14 bits per heavy atom. The molecular formula is C21H20ClN5O. The zero-order valence-corrected chi connectivity index (χ0v) is 16.4. The first-order valence-electron chi connectivity index (χ1n) is 8.97. The molecule has 0 radical (unpaired) electrons. The average Bonchev–Trinajstić information content (AvgIpc) is 3.14. The summed E-state index contributed by atoms with van der Waals surface area (Å²) in [5.74, 6) is 1.85. The summed E-state index contributed by atoms with van der Waals surface area (Å²) >= 11 is 5.85. The first kappa shape index (κ1) is 18.3. The van der Waals surface area contributed by atoms with Crippen LogP contribution in [-0.2, 0) is 7.05 Å². The van der Waals surface area contributed by atoms with Gasteiger partial charge in [0.25, 0.3) is 0 Å². The summed E-state index contributed by atoms with van der Waals surface area (Å²) in [6, 6.07) is 11.6. The Hall–Kier alpha value is -3.12. The molecule has 0 aliphatic carbocycles. The van der Waals surface area contributed by atoms with Crippen molar-refractivity contribution in [2.75, 3.05) is 11.9 Å². The fourth-order valence-electron chi connectivity index (χ4n) is 2.94. The fraction of sp³-hybridized carbons (Fsp3) is 0.190. The van der Waals surface area contributed by atoms with E-state index < -0.39 is 0 Å². The average molecular weight is 394 g/mol. The van der Waals surface area contributed by atoms with E-state index in [1.807, 2.05) is 49.8 Å². The van der Waals surface area contributed by atoms with Crippen LogP contribution in [0, 0.1) is 0 Å². The predicted octanol–water partition coefficient (Wildman–Crippen LogP) is 4.94. The summed E-state index contributed by atoms with van der Waals surface area (Å²) in [4.78, 5) is 8.53. The Morgan fingerprint density at radius 2 is 2.04 bits per heavy atom. The summed E-state index contributed by atoms with van der Waals surface area (Å²) in [6.07, 6.45) is 7.35. The van der Waals surface area contributed by atoms with Crippen LogP contribution in [0.5, 0.6) is 5.75 Å². The molecule has 6 nitrogen and oxygen atoms in total. The maximum Gasteiger partial charge on any atom is 0.138 e. The molecule has 0 amide bonds. The van der Waals surface area contributed by atoms with Crippen LogP contribution in [0.4, 0.5) is 11.5 Å². The number of hydrogen-bond donors (Lipinski definition) is 1. The van der Waals surface area contributed by atoms with Crippen molar-refractivity contribution >= 4 is 33.9 Å². The Balaban J connectivity index is 1.50. The largest absolute Gasteiger partial charge is 0.493 e. The van der Waals surface area contributed by atoms with Crippen LogP contribution >= 0.6 is 11.6 Å². The van der Waals surface area contributed by atoms with Crippen molar-refractivity contribution in [2.24, 2.45) is 7.05 Å². The molecule has 0 saturated heterocycles. The summed E-state index contributed by atoms with van der Waals surface area (Å²) in [6.45, 7) is 2.72. The lowest BCUT2D eigenvalue weighted by Crippen LogP contribution is -2.06. The van der Waals surface area contributed by atoms with Crippen molar-refractivity contribution in [1.29, 1.82) is 0 Å². The van der Waals surface area contributed by atoms with Gasteiger partial charge >= 0.3 is 0 Å². The highest BCUT2D eigenvalue weighted by molar-refractivity contribution is 6.29. The number of fused-ring (bicyclic) bond motifs is 1.